The van der Waals surface area contributed by atoms with Crippen LogP contribution in [0.2, 0.25) is 0 Å². The third-order valence-electron chi connectivity index (χ3n) is 17.2. The van der Waals surface area contributed by atoms with Gasteiger partial charge < -0.3 is 39.1 Å². The molecule has 98 heavy (non-hydrogen) atoms. The van der Waals surface area contributed by atoms with E-state index in [4.69, 9.17) is 39.1 Å². The van der Waals surface area contributed by atoms with E-state index in [1.807, 2.05) is 0 Å². The van der Waals surface area contributed by atoms with Crippen molar-refractivity contribution in [3.63, 3.8) is 0 Å². The van der Waals surface area contributed by atoms with Gasteiger partial charge in [0.05, 0.1) is 37.4 Å². The van der Waals surface area contributed by atoms with E-state index in [1.165, 1.54) is 81.1 Å². The van der Waals surface area contributed by atoms with Crippen LogP contribution in [0.25, 0.3) is 0 Å². The molecule has 0 aliphatic carbocycles. The van der Waals surface area contributed by atoms with E-state index in [1.54, 1.807) is 0 Å². The zero-order valence-corrected chi connectivity index (χ0v) is 53.8. The first-order chi connectivity index (χ1) is 46.4. The minimum absolute atomic E-state index is 0.0882. The molecule has 10 rings (SSSR count). The Bertz CT molecular complexity index is 2990. The lowest BCUT2D eigenvalue weighted by Crippen LogP contribution is -2.42. The number of amides is 1. The molecular weight excluding hydrogens is 1330 g/mol. The number of piperidine rings is 2. The number of alkyl halides is 15. The maximum atomic E-state index is 12.5. The topological polar surface area (TPSA) is 315 Å². The van der Waals surface area contributed by atoms with Crippen LogP contribution >= 0.6 is 0 Å². The van der Waals surface area contributed by atoms with E-state index in [2.05, 4.69) is 69.4 Å². The molecular formula is C61H85F15N20O2. The van der Waals surface area contributed by atoms with Crippen LogP contribution in [0.4, 0.5) is 65.9 Å². The molecule has 37 heteroatoms. The predicted molar refractivity (Wildman–Crippen MR) is 329 cm³/mol. The van der Waals surface area contributed by atoms with Gasteiger partial charge in [0, 0.05) is 136 Å². The number of morpholine rings is 1. The molecule has 5 aromatic heterocycles. The van der Waals surface area contributed by atoms with Crippen LogP contribution in [0.15, 0.2) is 67.9 Å². The maximum Gasteiger partial charge on any atom is 0.451 e. The minimum atomic E-state index is -4.52. The van der Waals surface area contributed by atoms with E-state index < -0.39 is 59.9 Å². The first-order valence-corrected chi connectivity index (χ1v) is 32.1. The number of likely N-dealkylation sites (tertiary alicyclic amines) is 4. The van der Waals surface area contributed by atoms with Crippen molar-refractivity contribution < 1.29 is 75.4 Å². The Balaban J connectivity index is 0.000000194. The van der Waals surface area contributed by atoms with Crippen molar-refractivity contribution in [1.82, 2.24) is 69.4 Å². The van der Waals surface area contributed by atoms with Crippen LogP contribution in [0, 0.1) is 5.92 Å². The Morgan fingerprint density at radius 2 is 0.602 bits per heavy atom. The van der Waals surface area contributed by atoms with Crippen molar-refractivity contribution in [2.75, 3.05) is 111 Å². The van der Waals surface area contributed by atoms with Gasteiger partial charge in [-0.25, -0.2) is 39.9 Å². The fourth-order valence-corrected chi connectivity index (χ4v) is 12.0. The van der Waals surface area contributed by atoms with Crippen molar-refractivity contribution in [2.45, 2.75) is 132 Å². The van der Waals surface area contributed by atoms with Gasteiger partial charge in [-0.2, -0.15) is 65.9 Å². The number of nitrogens with zero attached hydrogens (tertiary/aromatic N) is 14. The van der Waals surface area contributed by atoms with Gasteiger partial charge in [-0.15, -0.1) is 0 Å². The molecule has 0 saturated carbocycles. The van der Waals surface area contributed by atoms with E-state index in [9.17, 15) is 70.7 Å². The average Bonchev–Trinajstić information content (AvgIpc) is 1.08. The molecule has 12 N–H and O–H groups in total. The fourth-order valence-electron chi connectivity index (χ4n) is 12.0. The highest BCUT2D eigenvalue weighted by molar-refractivity contribution is 5.76. The van der Waals surface area contributed by atoms with E-state index in [-0.39, 0.29) is 48.6 Å². The molecule has 0 bridgehead atoms. The lowest BCUT2D eigenvalue weighted by Gasteiger charge is -2.36. The largest absolute Gasteiger partial charge is 0.451 e. The molecule has 5 atom stereocenters. The second-order valence-electron chi connectivity index (χ2n) is 23.7. The van der Waals surface area contributed by atoms with Crippen molar-refractivity contribution in [3.8, 4) is 0 Å². The molecule has 1 amide bonds. The number of aromatic nitrogens is 9. The number of hydrogen-bond acceptors (Lipinski definition) is 21. The number of primary amides is 1. The number of rotatable bonds is 16. The lowest BCUT2D eigenvalue weighted by molar-refractivity contribution is -0.145. The number of carbonyl (C=O) groups excluding carboxylic acids is 1. The van der Waals surface area contributed by atoms with E-state index in [0.717, 1.165) is 83.9 Å². The molecule has 5 saturated heterocycles. The number of hydrogen-bond donors (Lipinski definition) is 6. The molecule has 5 unspecified atom stereocenters. The van der Waals surface area contributed by atoms with Crippen LogP contribution in [-0.4, -0.2) is 187 Å². The standard InChI is InChI=1S/C14H19F3N4O.C13H19F3N4.C12H17F3N4.C11H15F3N4O.C11H15F3N4/c15-14(16,17)12-2-1-10(8-20-12)11(7-18)21-5-3-9(4-6-21)13(19)22;14-13(15,16)12-18-8-10(9-19-12)11(7-17)20-5-3-1-2-4-6-20;13-12(14,15)11-17-7-9(8-18-11)10(6-16)19-4-2-1-3-5-19;12-11(13,14)10-16-6-8(7-17-10)9(5-15)18-1-3-19-4-2-18;12-11(13,14)10-16-6-8(7-17-10)9(5-15)18-3-1-2-4-18/h1-2,8-9,11H,3-7,18H2,(H2,19,22);8-9,11H,1-7,17H2;7-8,10H,1-6,16H2;6-7,9H,1-5,15H2;6-7,9H,1-5,15H2. The quantitative estimate of drug-likeness (QED) is 0.0509. The Morgan fingerprint density at radius 1 is 0.357 bits per heavy atom. The third-order valence-corrected chi connectivity index (χ3v) is 17.2. The smallest absolute Gasteiger partial charge is 0.379 e. The van der Waals surface area contributed by atoms with Crippen LogP contribution in [-0.2, 0) is 40.4 Å². The molecule has 0 aromatic carbocycles. The summed E-state index contributed by atoms with van der Waals surface area (Å²) in [5, 5.41) is 0. The first kappa shape index (κ1) is 80.4. The summed E-state index contributed by atoms with van der Waals surface area (Å²) in [6, 6.07) is 1.71. The fraction of sp³-hybridized carbons (Fsp3) is 0.639. The van der Waals surface area contributed by atoms with Gasteiger partial charge in [0.25, 0.3) is 0 Å². The summed E-state index contributed by atoms with van der Waals surface area (Å²) in [4.78, 5) is 52.4. The van der Waals surface area contributed by atoms with Crippen molar-refractivity contribution in [3.05, 3.63) is 125 Å². The summed E-state index contributed by atoms with van der Waals surface area (Å²) in [6.45, 7) is 11.0. The number of pyridine rings is 1. The van der Waals surface area contributed by atoms with E-state index >= 15 is 0 Å². The number of carbonyl (C=O) groups is 1. The summed E-state index contributed by atoms with van der Waals surface area (Å²) in [5.74, 6) is -4.89. The molecule has 0 spiro atoms. The summed E-state index contributed by atoms with van der Waals surface area (Å²) in [5.41, 5.74) is 36.3. The van der Waals surface area contributed by atoms with Gasteiger partial charge in [-0.05, 0) is 115 Å². The summed E-state index contributed by atoms with van der Waals surface area (Å²) < 4.78 is 192. The van der Waals surface area contributed by atoms with Gasteiger partial charge in [-0.1, -0.05) is 25.3 Å². The van der Waals surface area contributed by atoms with Crippen LogP contribution in [0.3, 0.4) is 0 Å². The molecule has 0 radical (unpaired) electrons. The molecule has 5 fully saturated rings. The molecule has 5 aromatic rings. The zero-order chi connectivity index (χ0) is 71.8. The summed E-state index contributed by atoms with van der Waals surface area (Å²) in [7, 11) is 0. The number of ether oxygens (including phenoxy) is 1. The second kappa shape index (κ2) is 37.8. The SMILES string of the molecule is NCC(c1ccc(C(F)(F)F)nc1)N1CCC(C(N)=O)CC1.NCC(c1cnc(C(F)(F)F)nc1)N1CCCC1.NCC(c1cnc(C(F)(F)F)nc1)N1CCCCC1.NCC(c1cnc(C(F)(F)F)nc1)N1CCCCCC1.NCC(c1cnc(C(F)(F)F)nc1)N1CCOCC1. The van der Waals surface area contributed by atoms with E-state index in [0.29, 0.717) is 106 Å². The Kier molecular flexibility index (Phi) is 31.0. The highest BCUT2D eigenvalue weighted by atomic mass is 19.4. The van der Waals surface area contributed by atoms with Crippen LogP contribution in [0.5, 0.6) is 0 Å². The zero-order valence-electron chi connectivity index (χ0n) is 53.8. The van der Waals surface area contributed by atoms with Gasteiger partial charge in [0.2, 0.25) is 29.2 Å². The Hall–Kier alpha value is -6.55. The van der Waals surface area contributed by atoms with Crippen molar-refractivity contribution in [1.29, 1.82) is 0 Å². The molecule has 5 aliphatic heterocycles. The van der Waals surface area contributed by atoms with Crippen molar-refractivity contribution >= 4 is 5.91 Å². The Morgan fingerprint density at radius 3 is 0.847 bits per heavy atom. The molecule has 10 heterocycles. The average molecular weight is 1420 g/mol. The van der Waals surface area contributed by atoms with Gasteiger partial charge >= 0.3 is 30.9 Å². The summed E-state index contributed by atoms with van der Waals surface area (Å²) in [6.07, 6.45) is 0.00934. The lowest BCUT2D eigenvalue weighted by atomic mass is 9.94. The van der Waals surface area contributed by atoms with Crippen LogP contribution < -0.4 is 34.4 Å². The second-order valence-corrected chi connectivity index (χ2v) is 23.7. The predicted octanol–water partition coefficient (Wildman–Crippen LogP) is 8.07. The highest BCUT2D eigenvalue weighted by Gasteiger charge is 2.39. The number of nitrogens with two attached hydrogens (primary N) is 6. The third kappa shape index (κ3) is 24.4. The van der Waals surface area contributed by atoms with Crippen molar-refractivity contribution in [2.24, 2.45) is 40.3 Å². The van der Waals surface area contributed by atoms with Gasteiger partial charge in [-0.3, -0.25) is 34.3 Å². The monoisotopic (exact) mass is 1410 g/mol. The maximum absolute atomic E-state index is 12.5. The first-order valence-electron chi connectivity index (χ1n) is 32.1. The molecule has 5 aliphatic rings. The number of halogens is 15. The minimum Gasteiger partial charge on any atom is -0.379 e. The van der Waals surface area contributed by atoms with Crippen LogP contribution in [0.1, 0.15) is 158 Å². The van der Waals surface area contributed by atoms with Gasteiger partial charge in [0.1, 0.15) is 5.69 Å². The molecule has 546 valence electrons. The molecule has 22 nitrogen and oxygen atoms in total. The normalized spacial score (nSPS) is 19.3. The highest BCUT2D eigenvalue weighted by Crippen LogP contribution is 2.34. The summed E-state index contributed by atoms with van der Waals surface area (Å²) >= 11 is 0. The van der Waals surface area contributed by atoms with Gasteiger partial charge in [0.15, 0.2) is 0 Å². The Labute approximate surface area is 557 Å².